The first-order valence-corrected chi connectivity index (χ1v) is 8.97. The fourth-order valence-electron chi connectivity index (χ4n) is 2.12. The van der Waals surface area contributed by atoms with Crippen molar-refractivity contribution in [3.05, 3.63) is 58.6 Å². The van der Waals surface area contributed by atoms with Crippen molar-refractivity contribution in [1.82, 2.24) is 10.3 Å². The molecule has 0 aliphatic heterocycles. The summed E-state index contributed by atoms with van der Waals surface area (Å²) in [5.41, 5.74) is 3.55. The first-order chi connectivity index (χ1) is 13.4. The lowest BCUT2D eigenvalue weighted by atomic mass is 10.2. The third-order valence-electron chi connectivity index (χ3n) is 3.58. The van der Waals surface area contributed by atoms with Gasteiger partial charge in [0.25, 0.3) is 11.8 Å². The van der Waals surface area contributed by atoms with Crippen LogP contribution in [0.5, 0.6) is 11.5 Å². The Labute approximate surface area is 168 Å². The average molecular weight is 404 g/mol. The Hall–Kier alpha value is -3.06. The minimum Gasteiger partial charge on any atom is -0.490 e. The summed E-state index contributed by atoms with van der Waals surface area (Å²) in [6.45, 7) is 2.20. The molecular formula is C20H22ClN3O4. The lowest BCUT2D eigenvalue weighted by molar-refractivity contribution is -0.130. The van der Waals surface area contributed by atoms with Crippen molar-refractivity contribution in [2.24, 2.45) is 5.10 Å². The van der Waals surface area contributed by atoms with E-state index in [1.54, 1.807) is 56.6 Å². The van der Waals surface area contributed by atoms with Gasteiger partial charge >= 0.3 is 0 Å². The zero-order valence-corrected chi connectivity index (χ0v) is 16.7. The minimum atomic E-state index is -0.370. The number of carbonyl (C=O) groups excluding carboxylic acids is 2. The van der Waals surface area contributed by atoms with Gasteiger partial charge in [-0.1, -0.05) is 17.7 Å². The van der Waals surface area contributed by atoms with E-state index in [0.717, 1.165) is 0 Å². The van der Waals surface area contributed by atoms with Gasteiger partial charge in [-0.25, -0.2) is 5.43 Å². The van der Waals surface area contributed by atoms with E-state index in [4.69, 9.17) is 21.1 Å². The molecule has 0 heterocycles. The van der Waals surface area contributed by atoms with Crippen LogP contribution >= 0.6 is 11.6 Å². The second-order valence-corrected chi connectivity index (χ2v) is 6.36. The summed E-state index contributed by atoms with van der Waals surface area (Å²) < 4.78 is 11.1. The van der Waals surface area contributed by atoms with Crippen molar-refractivity contribution in [3.8, 4) is 11.5 Å². The lowest BCUT2D eigenvalue weighted by Crippen LogP contribution is -2.27. The van der Waals surface area contributed by atoms with E-state index in [-0.39, 0.29) is 18.4 Å². The van der Waals surface area contributed by atoms with Crippen molar-refractivity contribution < 1.29 is 19.1 Å². The Balaban J connectivity index is 2.04. The SMILES string of the molecule is CCOc1cc(/C=N\NC(=O)c2cccc(Cl)c2)ccc1OCC(=O)N(C)C. The Morgan fingerprint density at radius 3 is 2.61 bits per heavy atom. The fourth-order valence-corrected chi connectivity index (χ4v) is 2.31. The smallest absolute Gasteiger partial charge is 0.271 e. The summed E-state index contributed by atoms with van der Waals surface area (Å²) in [6.07, 6.45) is 1.49. The van der Waals surface area contributed by atoms with E-state index in [2.05, 4.69) is 10.5 Å². The van der Waals surface area contributed by atoms with Crippen LogP contribution in [0.4, 0.5) is 0 Å². The first kappa shape index (κ1) is 21.2. The van der Waals surface area contributed by atoms with Gasteiger partial charge in [-0.05, 0) is 48.9 Å². The molecule has 7 nitrogen and oxygen atoms in total. The van der Waals surface area contributed by atoms with Crippen LogP contribution in [-0.2, 0) is 4.79 Å². The second-order valence-electron chi connectivity index (χ2n) is 5.93. The molecule has 0 aromatic heterocycles. The number of benzene rings is 2. The number of hydrogen-bond acceptors (Lipinski definition) is 5. The molecule has 148 valence electrons. The predicted molar refractivity (Wildman–Crippen MR) is 108 cm³/mol. The summed E-state index contributed by atoms with van der Waals surface area (Å²) in [4.78, 5) is 25.2. The van der Waals surface area contributed by atoms with Crippen molar-refractivity contribution in [2.75, 3.05) is 27.3 Å². The van der Waals surface area contributed by atoms with Gasteiger partial charge < -0.3 is 14.4 Å². The van der Waals surface area contributed by atoms with Crippen molar-refractivity contribution in [1.29, 1.82) is 0 Å². The Kier molecular flexibility index (Phi) is 7.83. The number of ether oxygens (including phenoxy) is 2. The molecule has 1 N–H and O–H groups in total. The highest BCUT2D eigenvalue weighted by molar-refractivity contribution is 6.30. The number of halogens is 1. The molecular weight excluding hydrogens is 382 g/mol. The third kappa shape index (κ3) is 6.28. The van der Waals surface area contributed by atoms with Gasteiger partial charge in [0.15, 0.2) is 18.1 Å². The molecule has 2 aromatic carbocycles. The molecule has 0 aliphatic rings. The van der Waals surface area contributed by atoms with Crippen molar-refractivity contribution in [3.63, 3.8) is 0 Å². The molecule has 0 atom stereocenters. The minimum absolute atomic E-state index is 0.0871. The van der Waals surface area contributed by atoms with E-state index < -0.39 is 0 Å². The molecule has 0 saturated heterocycles. The Morgan fingerprint density at radius 2 is 1.93 bits per heavy atom. The van der Waals surface area contributed by atoms with Gasteiger partial charge in [-0.3, -0.25) is 9.59 Å². The summed E-state index contributed by atoms with van der Waals surface area (Å²) in [5, 5.41) is 4.42. The van der Waals surface area contributed by atoms with Crippen LogP contribution in [0.15, 0.2) is 47.6 Å². The molecule has 0 spiro atoms. The molecule has 0 saturated carbocycles. The van der Waals surface area contributed by atoms with E-state index in [1.165, 1.54) is 11.1 Å². The highest BCUT2D eigenvalue weighted by atomic mass is 35.5. The van der Waals surface area contributed by atoms with Crippen LogP contribution < -0.4 is 14.9 Å². The average Bonchev–Trinajstić information content (AvgIpc) is 2.67. The van der Waals surface area contributed by atoms with Gasteiger partial charge in [0, 0.05) is 24.7 Å². The topological polar surface area (TPSA) is 80.2 Å². The summed E-state index contributed by atoms with van der Waals surface area (Å²) in [6, 6.07) is 11.7. The number of hydrogen-bond donors (Lipinski definition) is 1. The van der Waals surface area contributed by atoms with E-state index in [0.29, 0.717) is 34.3 Å². The van der Waals surface area contributed by atoms with Gasteiger partial charge in [0.1, 0.15) is 0 Å². The molecule has 0 fully saturated rings. The number of likely N-dealkylation sites (N-methyl/N-ethyl adjacent to an activating group) is 1. The van der Waals surface area contributed by atoms with Gasteiger partial charge in [0.2, 0.25) is 0 Å². The Morgan fingerprint density at radius 1 is 1.14 bits per heavy atom. The molecule has 0 radical (unpaired) electrons. The number of nitrogens with zero attached hydrogens (tertiary/aromatic N) is 2. The third-order valence-corrected chi connectivity index (χ3v) is 3.82. The summed E-state index contributed by atoms with van der Waals surface area (Å²) in [5.74, 6) is 0.416. The highest BCUT2D eigenvalue weighted by Gasteiger charge is 2.10. The normalized spacial score (nSPS) is 10.6. The zero-order valence-electron chi connectivity index (χ0n) is 15.9. The van der Waals surface area contributed by atoms with Crippen LogP contribution in [0.2, 0.25) is 5.02 Å². The second kappa shape index (κ2) is 10.3. The molecule has 2 aromatic rings. The predicted octanol–water partition coefficient (Wildman–Crippen LogP) is 2.97. The maximum atomic E-state index is 12.1. The van der Waals surface area contributed by atoms with E-state index >= 15 is 0 Å². The molecule has 0 unspecified atom stereocenters. The quantitative estimate of drug-likeness (QED) is 0.542. The molecule has 8 heteroatoms. The number of carbonyl (C=O) groups is 2. The van der Waals surface area contributed by atoms with Gasteiger partial charge in [-0.15, -0.1) is 0 Å². The van der Waals surface area contributed by atoms with Crippen molar-refractivity contribution in [2.45, 2.75) is 6.92 Å². The van der Waals surface area contributed by atoms with Crippen molar-refractivity contribution >= 4 is 29.6 Å². The molecule has 0 aliphatic carbocycles. The largest absolute Gasteiger partial charge is 0.490 e. The van der Waals surface area contributed by atoms with Gasteiger partial charge in [-0.2, -0.15) is 5.10 Å². The summed E-state index contributed by atoms with van der Waals surface area (Å²) in [7, 11) is 3.32. The zero-order chi connectivity index (χ0) is 20.5. The lowest BCUT2D eigenvalue weighted by Gasteiger charge is -2.14. The van der Waals surface area contributed by atoms with Gasteiger partial charge in [0.05, 0.1) is 12.8 Å². The molecule has 28 heavy (non-hydrogen) atoms. The summed E-state index contributed by atoms with van der Waals surface area (Å²) >= 11 is 5.88. The molecule has 2 amide bonds. The maximum Gasteiger partial charge on any atom is 0.271 e. The molecule has 2 rings (SSSR count). The number of nitrogens with one attached hydrogen (secondary N) is 1. The monoisotopic (exact) mass is 403 g/mol. The van der Waals surface area contributed by atoms with Crippen LogP contribution in [0.1, 0.15) is 22.8 Å². The number of amides is 2. The standard InChI is InChI=1S/C20H22ClN3O4/c1-4-27-18-10-14(8-9-17(18)28-13-19(25)24(2)3)12-22-23-20(26)15-6-5-7-16(21)11-15/h5-12H,4,13H2,1-3H3,(H,23,26)/b22-12-. The van der Waals surface area contributed by atoms with Crippen LogP contribution in [0.3, 0.4) is 0 Å². The van der Waals surface area contributed by atoms with E-state index in [9.17, 15) is 9.59 Å². The number of hydrazone groups is 1. The first-order valence-electron chi connectivity index (χ1n) is 8.59. The highest BCUT2D eigenvalue weighted by Crippen LogP contribution is 2.28. The van der Waals surface area contributed by atoms with Crippen LogP contribution in [0, 0.1) is 0 Å². The van der Waals surface area contributed by atoms with E-state index in [1.807, 2.05) is 6.92 Å². The fraction of sp³-hybridized carbons (Fsp3) is 0.250. The van der Waals surface area contributed by atoms with Crippen LogP contribution in [-0.4, -0.2) is 50.2 Å². The molecule has 0 bridgehead atoms. The maximum absolute atomic E-state index is 12.1. The van der Waals surface area contributed by atoms with Crippen LogP contribution in [0.25, 0.3) is 0 Å². The Bertz CT molecular complexity index is 868. The number of rotatable bonds is 8.